The van der Waals surface area contributed by atoms with Crippen LogP contribution in [0.25, 0.3) is 0 Å². The second-order valence-corrected chi connectivity index (χ2v) is 9.40. The molecule has 4 atom stereocenters. The van der Waals surface area contributed by atoms with Crippen LogP contribution in [0.5, 0.6) is 0 Å². The maximum atomic E-state index is 9.68. The van der Waals surface area contributed by atoms with E-state index in [1.54, 1.807) is 0 Å². The number of aliphatic hydroxyl groups excluding tert-OH is 1. The van der Waals surface area contributed by atoms with Gasteiger partial charge >= 0.3 is 0 Å². The predicted octanol–water partition coefficient (Wildman–Crippen LogP) is 3.70. The van der Waals surface area contributed by atoms with Gasteiger partial charge in [-0.1, -0.05) is 38.5 Å². The summed E-state index contributed by atoms with van der Waals surface area (Å²) < 4.78 is 0. The van der Waals surface area contributed by atoms with Crippen LogP contribution in [-0.2, 0) is 0 Å². The summed E-state index contributed by atoms with van der Waals surface area (Å²) in [6, 6.07) is 1.19. The Labute approximate surface area is 148 Å². The third-order valence-electron chi connectivity index (χ3n) is 7.83. The monoisotopic (exact) mass is 334 g/mol. The van der Waals surface area contributed by atoms with Crippen LogP contribution in [0.2, 0.25) is 0 Å². The highest BCUT2D eigenvalue weighted by Crippen LogP contribution is 2.42. The molecule has 1 heterocycles. The lowest BCUT2D eigenvalue weighted by Crippen LogP contribution is -2.57. The molecule has 3 saturated carbocycles. The van der Waals surface area contributed by atoms with Gasteiger partial charge < -0.3 is 10.4 Å². The predicted molar refractivity (Wildman–Crippen MR) is 99.1 cm³/mol. The summed E-state index contributed by atoms with van der Waals surface area (Å²) in [6.07, 6.45) is 18.2. The number of likely N-dealkylation sites (tertiary alicyclic amines) is 1. The molecule has 0 bridgehead atoms. The standard InChI is InChI=1S/C21H38N2O/c24-15-20-8-5-13-23(20)16-21(11-3-4-12-21)22-19-10-9-17-6-1-2-7-18(17)14-19/h17-20,22,24H,1-16H2. The second kappa shape index (κ2) is 7.63. The van der Waals surface area contributed by atoms with E-state index in [0.29, 0.717) is 18.2 Å². The normalized spacial score (nSPS) is 39.9. The molecule has 3 nitrogen and oxygen atoms in total. The van der Waals surface area contributed by atoms with E-state index in [-0.39, 0.29) is 0 Å². The minimum Gasteiger partial charge on any atom is -0.395 e. The number of nitrogens with zero attached hydrogens (tertiary/aromatic N) is 1. The number of hydrogen-bond donors (Lipinski definition) is 2. The van der Waals surface area contributed by atoms with Crippen molar-refractivity contribution in [1.82, 2.24) is 10.2 Å². The molecule has 1 saturated heterocycles. The smallest absolute Gasteiger partial charge is 0.0586 e. The molecule has 4 aliphatic rings. The fraction of sp³-hybridized carbons (Fsp3) is 1.00. The molecule has 4 unspecified atom stereocenters. The van der Waals surface area contributed by atoms with Gasteiger partial charge in [-0.05, 0) is 63.3 Å². The molecule has 3 aliphatic carbocycles. The topological polar surface area (TPSA) is 35.5 Å². The van der Waals surface area contributed by atoms with E-state index in [4.69, 9.17) is 0 Å². The first-order chi connectivity index (χ1) is 11.8. The lowest BCUT2D eigenvalue weighted by atomic mass is 9.69. The van der Waals surface area contributed by atoms with Crippen LogP contribution in [0, 0.1) is 11.8 Å². The van der Waals surface area contributed by atoms with E-state index >= 15 is 0 Å². The van der Waals surface area contributed by atoms with Crippen LogP contribution < -0.4 is 5.32 Å². The van der Waals surface area contributed by atoms with Gasteiger partial charge in [0.1, 0.15) is 0 Å². The summed E-state index contributed by atoms with van der Waals surface area (Å²) >= 11 is 0. The molecule has 1 aliphatic heterocycles. The Morgan fingerprint density at radius 3 is 2.46 bits per heavy atom. The van der Waals surface area contributed by atoms with Gasteiger partial charge in [-0.3, -0.25) is 4.90 Å². The lowest BCUT2D eigenvalue weighted by molar-refractivity contribution is 0.0910. The first-order valence-electron chi connectivity index (χ1n) is 10.9. The number of hydrogen-bond acceptors (Lipinski definition) is 3. The van der Waals surface area contributed by atoms with Crippen LogP contribution in [-0.4, -0.2) is 47.3 Å². The van der Waals surface area contributed by atoms with Gasteiger partial charge in [0.2, 0.25) is 0 Å². The Balaban J connectivity index is 1.38. The van der Waals surface area contributed by atoms with Crippen molar-refractivity contribution in [3.05, 3.63) is 0 Å². The van der Waals surface area contributed by atoms with E-state index in [0.717, 1.165) is 17.9 Å². The summed E-state index contributed by atoms with van der Waals surface area (Å²) in [4.78, 5) is 2.60. The molecule has 2 N–H and O–H groups in total. The van der Waals surface area contributed by atoms with Gasteiger partial charge in [0.25, 0.3) is 0 Å². The Morgan fingerprint density at radius 1 is 0.875 bits per heavy atom. The number of nitrogens with one attached hydrogen (secondary N) is 1. The van der Waals surface area contributed by atoms with E-state index < -0.39 is 0 Å². The zero-order valence-electron chi connectivity index (χ0n) is 15.5. The summed E-state index contributed by atoms with van der Waals surface area (Å²) in [5.41, 5.74) is 0.351. The van der Waals surface area contributed by atoms with E-state index in [9.17, 15) is 5.11 Å². The molecule has 0 amide bonds. The largest absolute Gasteiger partial charge is 0.395 e. The third-order valence-corrected chi connectivity index (χ3v) is 7.83. The zero-order valence-corrected chi connectivity index (χ0v) is 15.5. The van der Waals surface area contributed by atoms with Crippen LogP contribution >= 0.6 is 0 Å². The quantitative estimate of drug-likeness (QED) is 0.804. The van der Waals surface area contributed by atoms with E-state index in [1.807, 2.05) is 0 Å². The zero-order chi connectivity index (χ0) is 16.4. The lowest BCUT2D eigenvalue weighted by Gasteiger charge is -2.45. The van der Waals surface area contributed by atoms with Crippen molar-refractivity contribution >= 4 is 0 Å². The fourth-order valence-electron chi connectivity index (χ4n) is 6.54. The summed E-state index contributed by atoms with van der Waals surface area (Å²) in [5.74, 6) is 2.06. The average molecular weight is 335 g/mol. The molecule has 4 fully saturated rings. The molecular formula is C21H38N2O. The first-order valence-corrected chi connectivity index (χ1v) is 10.9. The minimum atomic E-state index is 0.350. The van der Waals surface area contributed by atoms with Crippen molar-refractivity contribution in [3.63, 3.8) is 0 Å². The number of aliphatic hydroxyl groups is 1. The molecule has 4 rings (SSSR count). The highest BCUT2D eigenvalue weighted by Gasteiger charge is 2.41. The Morgan fingerprint density at radius 2 is 1.67 bits per heavy atom. The average Bonchev–Trinajstić information content (AvgIpc) is 3.24. The van der Waals surface area contributed by atoms with Crippen molar-refractivity contribution in [2.75, 3.05) is 19.7 Å². The van der Waals surface area contributed by atoms with Gasteiger partial charge in [-0.2, -0.15) is 0 Å². The highest BCUT2D eigenvalue weighted by molar-refractivity contribution is 5.00. The highest BCUT2D eigenvalue weighted by atomic mass is 16.3. The van der Waals surface area contributed by atoms with Gasteiger partial charge in [0, 0.05) is 24.2 Å². The molecule has 138 valence electrons. The molecule has 0 aromatic rings. The molecule has 0 spiro atoms. The van der Waals surface area contributed by atoms with Crippen LogP contribution in [0.15, 0.2) is 0 Å². The van der Waals surface area contributed by atoms with Crippen LogP contribution in [0.3, 0.4) is 0 Å². The van der Waals surface area contributed by atoms with Crippen molar-refractivity contribution in [1.29, 1.82) is 0 Å². The first kappa shape index (κ1) is 17.3. The summed E-state index contributed by atoms with van der Waals surface area (Å²) in [5, 5.41) is 13.9. The summed E-state index contributed by atoms with van der Waals surface area (Å²) in [6.45, 7) is 2.73. The van der Waals surface area contributed by atoms with Crippen LogP contribution in [0.1, 0.15) is 83.5 Å². The Kier molecular flexibility index (Phi) is 5.50. The SMILES string of the molecule is OCC1CCCN1CC1(NC2CCC3CCCCC3C2)CCCC1. The van der Waals surface area contributed by atoms with Gasteiger partial charge in [0.05, 0.1) is 6.61 Å². The Hall–Kier alpha value is -0.120. The molecule has 0 aromatic carbocycles. The minimum absolute atomic E-state index is 0.350. The maximum absolute atomic E-state index is 9.68. The van der Waals surface area contributed by atoms with Crippen molar-refractivity contribution in [3.8, 4) is 0 Å². The molecule has 0 aromatic heterocycles. The fourth-order valence-corrected chi connectivity index (χ4v) is 6.54. The van der Waals surface area contributed by atoms with Crippen molar-refractivity contribution in [2.45, 2.75) is 101 Å². The second-order valence-electron chi connectivity index (χ2n) is 9.40. The Bertz CT molecular complexity index is 407. The van der Waals surface area contributed by atoms with Gasteiger partial charge in [-0.25, -0.2) is 0 Å². The van der Waals surface area contributed by atoms with Gasteiger partial charge in [0.15, 0.2) is 0 Å². The van der Waals surface area contributed by atoms with Crippen molar-refractivity contribution in [2.24, 2.45) is 11.8 Å². The van der Waals surface area contributed by atoms with E-state index in [1.165, 1.54) is 96.6 Å². The van der Waals surface area contributed by atoms with Crippen LogP contribution in [0.4, 0.5) is 0 Å². The number of fused-ring (bicyclic) bond motifs is 1. The maximum Gasteiger partial charge on any atom is 0.0586 e. The molecular weight excluding hydrogens is 296 g/mol. The third kappa shape index (κ3) is 3.68. The molecule has 0 radical (unpaired) electrons. The van der Waals surface area contributed by atoms with E-state index in [2.05, 4.69) is 10.2 Å². The molecule has 3 heteroatoms. The van der Waals surface area contributed by atoms with Gasteiger partial charge in [-0.15, -0.1) is 0 Å². The molecule has 24 heavy (non-hydrogen) atoms. The number of rotatable bonds is 5. The van der Waals surface area contributed by atoms with Crippen molar-refractivity contribution < 1.29 is 5.11 Å². The summed E-state index contributed by atoms with van der Waals surface area (Å²) in [7, 11) is 0.